The summed E-state index contributed by atoms with van der Waals surface area (Å²) < 4.78 is 29.1. The lowest BCUT2D eigenvalue weighted by molar-refractivity contribution is 0.0951. The molecule has 1 aromatic heterocycles. The van der Waals surface area contributed by atoms with Crippen LogP contribution in [0.2, 0.25) is 0 Å². The van der Waals surface area contributed by atoms with Crippen LogP contribution in [0.4, 0.5) is 11.4 Å². The van der Waals surface area contributed by atoms with Gasteiger partial charge in [-0.1, -0.05) is 25.1 Å². The summed E-state index contributed by atoms with van der Waals surface area (Å²) in [6.45, 7) is 5.44. The molecule has 178 valence electrons. The highest BCUT2D eigenvalue weighted by Gasteiger charge is 2.21. The topological polar surface area (TPSA) is 103 Å². The van der Waals surface area contributed by atoms with E-state index in [-0.39, 0.29) is 10.8 Å². The molecule has 1 fully saturated rings. The average molecular weight is 480 g/mol. The molecule has 0 saturated carbocycles. The van der Waals surface area contributed by atoms with Crippen molar-refractivity contribution in [1.82, 2.24) is 15.6 Å². The summed E-state index contributed by atoms with van der Waals surface area (Å²) in [5, 5.41) is 6.17. The minimum absolute atomic E-state index is 0.183. The lowest BCUT2D eigenvalue weighted by Crippen LogP contribution is -2.43. The van der Waals surface area contributed by atoms with Crippen molar-refractivity contribution in [2.75, 3.05) is 35.8 Å². The fourth-order valence-electron chi connectivity index (χ4n) is 3.84. The molecule has 0 bridgehead atoms. The van der Waals surface area contributed by atoms with Gasteiger partial charge in [-0.25, -0.2) is 8.42 Å². The van der Waals surface area contributed by atoms with E-state index in [1.54, 1.807) is 36.7 Å². The molecule has 1 aliphatic rings. The minimum atomic E-state index is -3.83. The van der Waals surface area contributed by atoms with Gasteiger partial charge in [-0.05, 0) is 53.9 Å². The van der Waals surface area contributed by atoms with E-state index >= 15 is 0 Å². The molecule has 0 atom stereocenters. The third-order valence-corrected chi connectivity index (χ3v) is 7.16. The van der Waals surface area contributed by atoms with Crippen molar-refractivity contribution >= 4 is 27.3 Å². The first-order chi connectivity index (χ1) is 16.5. The van der Waals surface area contributed by atoms with Crippen LogP contribution >= 0.6 is 0 Å². The van der Waals surface area contributed by atoms with Gasteiger partial charge < -0.3 is 15.5 Å². The smallest absolute Gasteiger partial charge is 0.261 e. The van der Waals surface area contributed by atoms with Crippen LogP contribution in [0, 0.1) is 0 Å². The molecule has 4 rings (SSSR count). The van der Waals surface area contributed by atoms with E-state index < -0.39 is 10.0 Å². The number of hydrogen-bond donors (Lipinski definition) is 3. The van der Waals surface area contributed by atoms with Crippen molar-refractivity contribution in [2.24, 2.45) is 0 Å². The molecule has 0 unspecified atom stereocenters. The van der Waals surface area contributed by atoms with Gasteiger partial charge in [-0.3, -0.25) is 14.5 Å². The van der Waals surface area contributed by atoms with Crippen molar-refractivity contribution in [3.05, 3.63) is 83.7 Å². The number of hydrogen-bond acceptors (Lipinski definition) is 6. The Balaban J connectivity index is 1.61. The minimum Gasteiger partial charge on any atom is -0.367 e. The number of nitrogens with zero attached hydrogens (tertiary/aromatic N) is 2. The number of sulfonamides is 1. The number of carbonyl (C=O) groups excluding carboxylic acids is 1. The lowest BCUT2D eigenvalue weighted by atomic mass is 10.1. The van der Waals surface area contributed by atoms with Gasteiger partial charge >= 0.3 is 0 Å². The van der Waals surface area contributed by atoms with Crippen LogP contribution in [0.1, 0.15) is 28.4 Å². The van der Waals surface area contributed by atoms with Crippen molar-refractivity contribution < 1.29 is 13.2 Å². The van der Waals surface area contributed by atoms with Crippen molar-refractivity contribution in [1.29, 1.82) is 0 Å². The first-order valence-corrected chi connectivity index (χ1v) is 12.8. The standard InChI is InChI=1S/C25H29N5O3S/c1-2-19-5-8-22(9-6-19)34(32,33)29-23-16-21(7-10-24(23)30-14-12-26-13-15-30)25(31)28-18-20-4-3-11-27-17-20/h3-11,16-17,26,29H,2,12-15,18H2,1H3,(H,28,31). The maximum absolute atomic E-state index is 13.2. The maximum atomic E-state index is 13.2. The second-order valence-corrected chi connectivity index (χ2v) is 9.80. The summed E-state index contributed by atoms with van der Waals surface area (Å²) in [7, 11) is -3.83. The Kier molecular flexibility index (Phi) is 7.44. The van der Waals surface area contributed by atoms with E-state index in [9.17, 15) is 13.2 Å². The van der Waals surface area contributed by atoms with Gasteiger partial charge in [0.15, 0.2) is 0 Å². The third-order valence-electron chi connectivity index (χ3n) is 5.78. The van der Waals surface area contributed by atoms with Gasteiger partial charge in [-0.2, -0.15) is 0 Å². The van der Waals surface area contributed by atoms with Crippen LogP contribution in [0.15, 0.2) is 71.9 Å². The molecule has 34 heavy (non-hydrogen) atoms. The Morgan fingerprint density at radius 1 is 1.06 bits per heavy atom. The highest BCUT2D eigenvalue weighted by atomic mass is 32.2. The number of nitrogens with one attached hydrogen (secondary N) is 3. The Bertz CT molecular complexity index is 1230. The summed E-state index contributed by atoms with van der Waals surface area (Å²) in [5.74, 6) is -0.288. The molecule has 0 radical (unpaired) electrons. The monoisotopic (exact) mass is 479 g/mol. The number of piperazine rings is 1. The number of pyridine rings is 1. The fourth-order valence-corrected chi connectivity index (χ4v) is 4.90. The van der Waals surface area contributed by atoms with E-state index in [1.165, 1.54) is 0 Å². The summed E-state index contributed by atoms with van der Waals surface area (Å²) in [6.07, 6.45) is 4.20. The summed E-state index contributed by atoms with van der Waals surface area (Å²) in [4.78, 5) is 19.2. The lowest BCUT2D eigenvalue weighted by Gasteiger charge is -2.31. The normalized spacial score (nSPS) is 14.0. The molecule has 1 amide bonds. The molecule has 3 aromatic rings. The zero-order valence-electron chi connectivity index (χ0n) is 19.1. The molecule has 3 N–H and O–H groups in total. The van der Waals surface area contributed by atoms with Gasteiger partial charge in [0.05, 0.1) is 16.3 Å². The molecule has 2 aromatic carbocycles. The van der Waals surface area contributed by atoms with Crippen molar-refractivity contribution in [2.45, 2.75) is 24.8 Å². The Morgan fingerprint density at radius 2 is 1.82 bits per heavy atom. The van der Waals surface area contributed by atoms with Crippen LogP contribution in [-0.2, 0) is 23.0 Å². The Morgan fingerprint density at radius 3 is 2.50 bits per heavy atom. The maximum Gasteiger partial charge on any atom is 0.261 e. The van der Waals surface area contributed by atoms with Crippen LogP contribution in [0.3, 0.4) is 0 Å². The molecule has 0 aliphatic carbocycles. The zero-order valence-corrected chi connectivity index (χ0v) is 19.9. The second kappa shape index (κ2) is 10.7. The van der Waals surface area contributed by atoms with Gasteiger partial charge in [0, 0.05) is 50.7 Å². The molecule has 9 heteroatoms. The Hall–Kier alpha value is -3.43. The van der Waals surface area contributed by atoms with E-state index in [0.29, 0.717) is 17.8 Å². The number of aromatic nitrogens is 1. The van der Waals surface area contributed by atoms with Crippen LogP contribution in [0.5, 0.6) is 0 Å². The molecule has 0 spiro atoms. The third kappa shape index (κ3) is 5.73. The highest BCUT2D eigenvalue weighted by molar-refractivity contribution is 7.92. The zero-order chi connectivity index (χ0) is 24.0. The van der Waals surface area contributed by atoms with Gasteiger partial charge in [0.1, 0.15) is 0 Å². The largest absolute Gasteiger partial charge is 0.367 e. The number of anilines is 2. The summed E-state index contributed by atoms with van der Waals surface area (Å²) >= 11 is 0. The Labute approximate surface area is 200 Å². The number of carbonyl (C=O) groups is 1. The molecule has 1 aliphatic heterocycles. The molecule has 1 saturated heterocycles. The fraction of sp³-hybridized carbons (Fsp3) is 0.280. The van der Waals surface area contributed by atoms with E-state index in [2.05, 4.69) is 25.2 Å². The van der Waals surface area contributed by atoms with Crippen molar-refractivity contribution in [3.8, 4) is 0 Å². The summed E-state index contributed by atoms with van der Waals surface area (Å²) in [5.41, 5.74) is 3.45. The van der Waals surface area contributed by atoms with Gasteiger partial charge in [0.2, 0.25) is 0 Å². The first-order valence-electron chi connectivity index (χ1n) is 11.3. The first kappa shape index (κ1) is 23.7. The van der Waals surface area contributed by atoms with E-state index in [4.69, 9.17) is 0 Å². The highest BCUT2D eigenvalue weighted by Crippen LogP contribution is 2.30. The van der Waals surface area contributed by atoms with E-state index in [0.717, 1.165) is 49.4 Å². The summed E-state index contributed by atoms with van der Waals surface area (Å²) in [6, 6.07) is 15.7. The predicted octanol–water partition coefficient (Wildman–Crippen LogP) is 2.78. The number of rotatable bonds is 8. The molecular weight excluding hydrogens is 450 g/mol. The average Bonchev–Trinajstić information content (AvgIpc) is 2.88. The number of amides is 1. The van der Waals surface area contributed by atoms with E-state index in [1.807, 2.05) is 37.3 Å². The van der Waals surface area contributed by atoms with Crippen molar-refractivity contribution in [3.63, 3.8) is 0 Å². The van der Waals surface area contributed by atoms with Crippen LogP contribution in [-0.4, -0.2) is 45.5 Å². The van der Waals surface area contributed by atoms with Gasteiger partial charge in [-0.15, -0.1) is 0 Å². The molecule has 8 nitrogen and oxygen atoms in total. The number of aryl methyl sites for hydroxylation is 1. The number of benzene rings is 2. The second-order valence-electron chi connectivity index (χ2n) is 8.12. The van der Waals surface area contributed by atoms with Crippen LogP contribution in [0.25, 0.3) is 0 Å². The molecular formula is C25H29N5O3S. The molecule has 2 heterocycles. The SMILES string of the molecule is CCc1ccc(S(=O)(=O)Nc2cc(C(=O)NCc3cccnc3)ccc2N2CCNCC2)cc1. The van der Waals surface area contributed by atoms with Gasteiger partial charge in [0.25, 0.3) is 15.9 Å². The predicted molar refractivity (Wildman–Crippen MR) is 134 cm³/mol. The quantitative estimate of drug-likeness (QED) is 0.459. The van der Waals surface area contributed by atoms with Crippen LogP contribution < -0.4 is 20.3 Å².